The number of hydrogen-bond donors (Lipinski definition) is 0. The SMILES string of the molecule is CCOC(=O)COCCN(C)Cc1nccn1C. The van der Waals surface area contributed by atoms with E-state index in [0.29, 0.717) is 13.2 Å². The van der Waals surface area contributed by atoms with Gasteiger partial charge in [0.1, 0.15) is 12.4 Å². The van der Waals surface area contributed by atoms with Gasteiger partial charge in [0.2, 0.25) is 0 Å². The number of nitrogens with zero attached hydrogens (tertiary/aromatic N) is 3. The number of carbonyl (C=O) groups excluding carboxylic acids is 1. The first kappa shape index (κ1) is 14.7. The van der Waals surface area contributed by atoms with Crippen molar-refractivity contribution in [2.45, 2.75) is 13.5 Å². The van der Waals surface area contributed by atoms with Crippen LogP contribution in [0.4, 0.5) is 0 Å². The van der Waals surface area contributed by atoms with Crippen LogP contribution in [0.1, 0.15) is 12.7 Å². The van der Waals surface area contributed by atoms with Gasteiger partial charge in [-0.25, -0.2) is 9.78 Å². The number of aryl methyl sites for hydroxylation is 1. The van der Waals surface area contributed by atoms with Crippen LogP contribution >= 0.6 is 0 Å². The van der Waals surface area contributed by atoms with Gasteiger partial charge in [-0.15, -0.1) is 0 Å². The van der Waals surface area contributed by atoms with E-state index < -0.39 is 0 Å². The zero-order chi connectivity index (χ0) is 13.4. The highest BCUT2D eigenvalue weighted by atomic mass is 16.6. The number of carbonyl (C=O) groups is 1. The molecule has 0 saturated carbocycles. The number of imidazole rings is 1. The molecule has 1 aromatic heterocycles. The summed E-state index contributed by atoms with van der Waals surface area (Å²) in [6, 6.07) is 0. The first-order valence-electron chi connectivity index (χ1n) is 6.01. The van der Waals surface area contributed by atoms with Crippen molar-refractivity contribution in [3.63, 3.8) is 0 Å². The maximum absolute atomic E-state index is 11.0. The van der Waals surface area contributed by atoms with Crippen LogP contribution in [-0.4, -0.2) is 53.8 Å². The van der Waals surface area contributed by atoms with Crippen LogP contribution in [0.2, 0.25) is 0 Å². The monoisotopic (exact) mass is 255 g/mol. The maximum Gasteiger partial charge on any atom is 0.332 e. The molecule has 0 N–H and O–H groups in total. The van der Waals surface area contributed by atoms with Crippen molar-refractivity contribution in [1.82, 2.24) is 14.5 Å². The molecule has 1 aromatic rings. The van der Waals surface area contributed by atoms with Gasteiger partial charge >= 0.3 is 5.97 Å². The van der Waals surface area contributed by atoms with Crippen molar-refractivity contribution in [2.75, 3.05) is 33.4 Å². The van der Waals surface area contributed by atoms with Gasteiger partial charge in [0.15, 0.2) is 0 Å². The molecule has 0 aliphatic carbocycles. The third-order valence-electron chi connectivity index (χ3n) is 2.47. The highest BCUT2D eigenvalue weighted by Gasteiger charge is 2.05. The minimum absolute atomic E-state index is 0.0179. The van der Waals surface area contributed by atoms with E-state index in [1.807, 2.05) is 24.9 Å². The summed E-state index contributed by atoms with van der Waals surface area (Å²) in [5.41, 5.74) is 0. The van der Waals surface area contributed by atoms with Crippen molar-refractivity contribution in [1.29, 1.82) is 0 Å². The van der Waals surface area contributed by atoms with Crippen molar-refractivity contribution in [3.05, 3.63) is 18.2 Å². The fourth-order valence-corrected chi connectivity index (χ4v) is 1.45. The lowest BCUT2D eigenvalue weighted by molar-refractivity contribution is -0.148. The molecule has 6 heteroatoms. The molecule has 102 valence electrons. The summed E-state index contributed by atoms with van der Waals surface area (Å²) in [6.45, 7) is 4.18. The molecule has 0 atom stereocenters. The standard InChI is InChI=1S/C12H21N3O3/c1-4-18-12(16)10-17-8-7-14(2)9-11-13-5-6-15(11)3/h5-6H,4,7-10H2,1-3H3. The molecule has 0 unspecified atom stereocenters. The highest BCUT2D eigenvalue weighted by Crippen LogP contribution is 1.98. The highest BCUT2D eigenvalue weighted by molar-refractivity contribution is 5.70. The summed E-state index contributed by atoms with van der Waals surface area (Å²) in [5, 5.41) is 0. The summed E-state index contributed by atoms with van der Waals surface area (Å²) < 4.78 is 12.0. The van der Waals surface area contributed by atoms with Crippen LogP contribution < -0.4 is 0 Å². The van der Waals surface area contributed by atoms with Crippen LogP contribution in [0.15, 0.2) is 12.4 Å². The van der Waals surface area contributed by atoms with Crippen LogP contribution in [0.25, 0.3) is 0 Å². The van der Waals surface area contributed by atoms with E-state index in [1.54, 1.807) is 13.1 Å². The molecular weight excluding hydrogens is 234 g/mol. The Balaban J connectivity index is 2.12. The molecule has 6 nitrogen and oxygen atoms in total. The summed E-state index contributed by atoms with van der Waals surface area (Å²) >= 11 is 0. The lowest BCUT2D eigenvalue weighted by atomic mass is 10.5. The predicted octanol–water partition coefficient (Wildman–Crippen LogP) is 0.432. The van der Waals surface area contributed by atoms with Gasteiger partial charge in [-0.1, -0.05) is 0 Å². The van der Waals surface area contributed by atoms with Gasteiger partial charge in [-0.05, 0) is 14.0 Å². The van der Waals surface area contributed by atoms with E-state index in [4.69, 9.17) is 9.47 Å². The van der Waals surface area contributed by atoms with Crippen molar-refractivity contribution >= 4 is 5.97 Å². The van der Waals surface area contributed by atoms with Gasteiger partial charge < -0.3 is 14.0 Å². The van der Waals surface area contributed by atoms with Gasteiger partial charge in [-0.2, -0.15) is 0 Å². The first-order valence-corrected chi connectivity index (χ1v) is 6.01. The Morgan fingerprint density at radius 2 is 2.33 bits per heavy atom. The Kier molecular flexibility index (Phi) is 6.38. The molecule has 0 amide bonds. The zero-order valence-electron chi connectivity index (χ0n) is 11.3. The lowest BCUT2D eigenvalue weighted by Gasteiger charge is -2.16. The summed E-state index contributed by atoms with van der Waals surface area (Å²) in [4.78, 5) is 17.3. The Morgan fingerprint density at radius 1 is 1.56 bits per heavy atom. The van der Waals surface area contributed by atoms with E-state index in [9.17, 15) is 4.79 Å². The first-order chi connectivity index (χ1) is 8.63. The van der Waals surface area contributed by atoms with Crippen LogP contribution in [-0.2, 0) is 27.9 Å². The number of likely N-dealkylation sites (N-methyl/N-ethyl adjacent to an activating group) is 1. The third kappa shape index (κ3) is 5.29. The molecule has 18 heavy (non-hydrogen) atoms. The number of esters is 1. The van der Waals surface area contributed by atoms with E-state index in [1.165, 1.54) is 0 Å². The molecule has 1 heterocycles. The van der Waals surface area contributed by atoms with Gasteiger partial charge in [0, 0.05) is 26.0 Å². The minimum Gasteiger partial charge on any atom is -0.464 e. The molecule has 0 saturated heterocycles. The Morgan fingerprint density at radius 3 is 2.94 bits per heavy atom. The Hall–Kier alpha value is -1.40. The van der Waals surface area contributed by atoms with Gasteiger partial charge in [0.25, 0.3) is 0 Å². The number of aromatic nitrogens is 2. The van der Waals surface area contributed by atoms with E-state index >= 15 is 0 Å². The molecule has 0 radical (unpaired) electrons. The van der Waals surface area contributed by atoms with Crippen LogP contribution in [0, 0.1) is 0 Å². The minimum atomic E-state index is -0.316. The zero-order valence-corrected chi connectivity index (χ0v) is 11.3. The Bertz CT molecular complexity index is 365. The predicted molar refractivity (Wildman–Crippen MR) is 67.0 cm³/mol. The quantitative estimate of drug-likeness (QED) is 0.498. The van der Waals surface area contributed by atoms with Gasteiger partial charge in [-0.3, -0.25) is 4.90 Å². The molecule has 0 spiro atoms. The maximum atomic E-state index is 11.0. The average Bonchev–Trinajstić information content (AvgIpc) is 2.71. The van der Waals surface area contributed by atoms with Crippen molar-refractivity contribution < 1.29 is 14.3 Å². The summed E-state index contributed by atoms with van der Waals surface area (Å²) in [6.07, 6.45) is 3.70. The second kappa shape index (κ2) is 7.84. The largest absolute Gasteiger partial charge is 0.464 e. The molecule has 0 aromatic carbocycles. The number of ether oxygens (including phenoxy) is 2. The topological polar surface area (TPSA) is 56.6 Å². The average molecular weight is 255 g/mol. The van der Waals surface area contributed by atoms with Crippen LogP contribution in [0.5, 0.6) is 0 Å². The second-order valence-corrected chi connectivity index (χ2v) is 4.05. The van der Waals surface area contributed by atoms with Crippen LogP contribution in [0.3, 0.4) is 0 Å². The molecule has 0 aliphatic heterocycles. The number of rotatable bonds is 8. The molecule has 0 bridgehead atoms. The Labute approximate surface area is 108 Å². The second-order valence-electron chi connectivity index (χ2n) is 4.05. The van der Waals surface area contributed by atoms with E-state index in [2.05, 4.69) is 9.88 Å². The lowest BCUT2D eigenvalue weighted by Crippen LogP contribution is -2.25. The third-order valence-corrected chi connectivity index (χ3v) is 2.47. The van der Waals surface area contributed by atoms with Gasteiger partial charge in [0.05, 0.1) is 19.8 Å². The fraction of sp³-hybridized carbons (Fsp3) is 0.667. The molecular formula is C12H21N3O3. The van der Waals surface area contributed by atoms with Crippen molar-refractivity contribution in [2.24, 2.45) is 7.05 Å². The normalized spacial score (nSPS) is 10.9. The summed E-state index contributed by atoms with van der Waals surface area (Å²) in [7, 11) is 3.95. The molecule has 1 rings (SSSR count). The van der Waals surface area contributed by atoms with E-state index in [-0.39, 0.29) is 12.6 Å². The molecule has 0 fully saturated rings. The smallest absolute Gasteiger partial charge is 0.332 e. The van der Waals surface area contributed by atoms with Crippen molar-refractivity contribution in [3.8, 4) is 0 Å². The van der Waals surface area contributed by atoms with E-state index in [0.717, 1.165) is 18.9 Å². The summed E-state index contributed by atoms with van der Waals surface area (Å²) in [5.74, 6) is 0.687. The fourth-order valence-electron chi connectivity index (χ4n) is 1.45. The molecule has 0 aliphatic rings. The number of hydrogen-bond acceptors (Lipinski definition) is 5.